The summed E-state index contributed by atoms with van der Waals surface area (Å²) in [5.74, 6) is -0.885. The van der Waals surface area contributed by atoms with E-state index in [0.29, 0.717) is 18.6 Å². The van der Waals surface area contributed by atoms with Gasteiger partial charge in [-0.2, -0.15) is 0 Å². The first-order valence-corrected chi connectivity index (χ1v) is 7.84. The van der Waals surface area contributed by atoms with Gasteiger partial charge in [-0.3, -0.25) is 9.59 Å². The van der Waals surface area contributed by atoms with Gasteiger partial charge in [-0.15, -0.1) is 0 Å². The summed E-state index contributed by atoms with van der Waals surface area (Å²) in [6, 6.07) is 8.48. The largest absolute Gasteiger partial charge is 0.466 e. The van der Waals surface area contributed by atoms with Crippen LogP contribution in [0.4, 0.5) is 0 Å². The molecular weight excluding hydrogens is 296 g/mol. The molecule has 1 aliphatic carbocycles. The average molecular weight is 316 g/mol. The molecule has 2 aliphatic rings. The minimum atomic E-state index is -0.437. The number of hydrogen-bond donors (Lipinski definition) is 1. The number of carbonyl (C=O) groups excluding carboxylic acids is 2. The molecule has 0 spiro atoms. The quantitative estimate of drug-likeness (QED) is 0.859. The molecule has 1 aromatic rings. The molecule has 1 aliphatic heterocycles. The molecule has 1 saturated carbocycles. The molecule has 122 valence electrons. The summed E-state index contributed by atoms with van der Waals surface area (Å²) in [5, 5.41) is 6.94. The highest BCUT2D eigenvalue weighted by Crippen LogP contribution is 2.39. The highest BCUT2D eigenvalue weighted by atomic mass is 16.6. The van der Waals surface area contributed by atoms with Crippen molar-refractivity contribution in [3.8, 4) is 0 Å². The maximum absolute atomic E-state index is 12.4. The van der Waals surface area contributed by atoms with E-state index in [2.05, 4.69) is 10.5 Å². The van der Waals surface area contributed by atoms with Crippen molar-refractivity contribution in [2.75, 3.05) is 6.61 Å². The molecule has 6 nitrogen and oxygen atoms in total. The van der Waals surface area contributed by atoms with Crippen molar-refractivity contribution < 1.29 is 19.2 Å². The fourth-order valence-corrected chi connectivity index (χ4v) is 3.29. The van der Waals surface area contributed by atoms with E-state index >= 15 is 0 Å². The first kappa shape index (κ1) is 15.5. The average Bonchev–Trinajstić information content (AvgIpc) is 3.09. The minimum Gasteiger partial charge on any atom is -0.466 e. The third-order valence-corrected chi connectivity index (χ3v) is 4.47. The molecule has 0 saturated heterocycles. The van der Waals surface area contributed by atoms with Gasteiger partial charge in [0.25, 0.3) is 5.91 Å². The smallest absolute Gasteiger partial charge is 0.311 e. The van der Waals surface area contributed by atoms with Crippen LogP contribution in [-0.2, 0) is 14.4 Å². The molecule has 6 heteroatoms. The second kappa shape index (κ2) is 6.40. The van der Waals surface area contributed by atoms with E-state index in [1.165, 1.54) is 0 Å². The Hall–Kier alpha value is -2.37. The summed E-state index contributed by atoms with van der Waals surface area (Å²) in [6.45, 7) is 3.97. The Balaban J connectivity index is 1.79. The first-order chi connectivity index (χ1) is 11.1. The lowest BCUT2D eigenvalue weighted by Gasteiger charge is -2.23. The molecular formula is C17H20N2O4. The predicted octanol–water partition coefficient (Wildman–Crippen LogP) is 1.76. The van der Waals surface area contributed by atoms with Crippen LogP contribution in [0.15, 0.2) is 35.5 Å². The van der Waals surface area contributed by atoms with Gasteiger partial charge in [0.15, 0.2) is 6.10 Å². The van der Waals surface area contributed by atoms with Gasteiger partial charge in [0.2, 0.25) is 0 Å². The van der Waals surface area contributed by atoms with E-state index in [1.807, 2.05) is 13.0 Å². The van der Waals surface area contributed by atoms with Gasteiger partial charge in [-0.25, -0.2) is 0 Å². The highest BCUT2D eigenvalue weighted by molar-refractivity contribution is 5.95. The summed E-state index contributed by atoms with van der Waals surface area (Å²) >= 11 is 0. The fourth-order valence-electron chi connectivity index (χ4n) is 3.29. The summed E-state index contributed by atoms with van der Waals surface area (Å²) in [6.07, 6.45) is 0.274. The van der Waals surface area contributed by atoms with Crippen LogP contribution in [-0.4, -0.2) is 36.3 Å². The maximum Gasteiger partial charge on any atom is 0.311 e. The predicted molar refractivity (Wildman–Crippen MR) is 83.9 cm³/mol. The SMILES string of the molecule is CCOC(=O)[C@H]1C[C@@H]2C(C)=NO[C@@H]2[C@@H]1NC(=O)c1ccccc1. The Labute approximate surface area is 134 Å². The number of fused-ring (bicyclic) bond motifs is 1. The fraction of sp³-hybridized carbons (Fsp3) is 0.471. The van der Waals surface area contributed by atoms with Crippen molar-refractivity contribution >= 4 is 17.6 Å². The van der Waals surface area contributed by atoms with Gasteiger partial charge >= 0.3 is 5.97 Å². The third-order valence-electron chi connectivity index (χ3n) is 4.47. The molecule has 4 atom stereocenters. The first-order valence-electron chi connectivity index (χ1n) is 7.84. The highest BCUT2D eigenvalue weighted by Gasteiger charge is 2.53. The maximum atomic E-state index is 12.4. The van der Waals surface area contributed by atoms with Gasteiger partial charge in [-0.05, 0) is 32.4 Å². The monoisotopic (exact) mass is 316 g/mol. The van der Waals surface area contributed by atoms with Crippen LogP contribution in [0.3, 0.4) is 0 Å². The molecule has 0 unspecified atom stereocenters. The van der Waals surface area contributed by atoms with Crippen molar-refractivity contribution in [2.45, 2.75) is 32.4 Å². The van der Waals surface area contributed by atoms with Crippen LogP contribution in [0, 0.1) is 11.8 Å². The van der Waals surface area contributed by atoms with Gasteiger partial charge < -0.3 is 14.9 Å². The number of hydrogen-bond acceptors (Lipinski definition) is 5. The Bertz CT molecular complexity index is 629. The molecule has 3 rings (SSSR count). The number of oxime groups is 1. The molecule has 0 radical (unpaired) electrons. The molecule has 1 amide bonds. The number of benzene rings is 1. The minimum absolute atomic E-state index is 0.0467. The number of carbonyl (C=O) groups is 2. The Morgan fingerprint density at radius 3 is 2.78 bits per heavy atom. The summed E-state index contributed by atoms with van der Waals surface area (Å²) < 4.78 is 5.16. The van der Waals surface area contributed by atoms with E-state index in [0.717, 1.165) is 5.71 Å². The Kier molecular flexibility index (Phi) is 4.32. The molecule has 1 fully saturated rings. The number of amides is 1. The summed E-state index contributed by atoms with van der Waals surface area (Å²) in [7, 11) is 0. The zero-order chi connectivity index (χ0) is 16.4. The van der Waals surface area contributed by atoms with Crippen molar-refractivity contribution in [1.29, 1.82) is 0 Å². The van der Waals surface area contributed by atoms with Crippen molar-refractivity contribution in [3.05, 3.63) is 35.9 Å². The van der Waals surface area contributed by atoms with Gasteiger partial charge in [-0.1, -0.05) is 23.4 Å². The second-order valence-corrected chi connectivity index (χ2v) is 5.87. The topological polar surface area (TPSA) is 77.0 Å². The van der Waals surface area contributed by atoms with E-state index in [4.69, 9.17) is 9.57 Å². The second-order valence-electron chi connectivity index (χ2n) is 5.87. The number of esters is 1. The lowest BCUT2D eigenvalue weighted by Crippen LogP contribution is -2.47. The van der Waals surface area contributed by atoms with E-state index in [-0.39, 0.29) is 23.9 Å². The van der Waals surface area contributed by atoms with E-state index < -0.39 is 12.0 Å². The van der Waals surface area contributed by atoms with Gasteiger partial charge in [0.1, 0.15) is 0 Å². The van der Waals surface area contributed by atoms with Crippen LogP contribution < -0.4 is 5.32 Å². The zero-order valence-corrected chi connectivity index (χ0v) is 13.2. The summed E-state index contributed by atoms with van der Waals surface area (Å²) in [5.41, 5.74) is 1.41. The van der Waals surface area contributed by atoms with Crippen LogP contribution in [0.2, 0.25) is 0 Å². The number of ether oxygens (including phenoxy) is 1. The van der Waals surface area contributed by atoms with Crippen molar-refractivity contribution in [3.63, 3.8) is 0 Å². The van der Waals surface area contributed by atoms with Crippen LogP contribution in [0.25, 0.3) is 0 Å². The Morgan fingerprint density at radius 2 is 2.09 bits per heavy atom. The zero-order valence-electron chi connectivity index (χ0n) is 13.2. The summed E-state index contributed by atoms with van der Waals surface area (Å²) in [4.78, 5) is 30.1. The molecule has 0 aromatic heterocycles. The Morgan fingerprint density at radius 1 is 1.35 bits per heavy atom. The van der Waals surface area contributed by atoms with Crippen LogP contribution in [0.1, 0.15) is 30.6 Å². The van der Waals surface area contributed by atoms with Gasteiger partial charge in [0, 0.05) is 11.5 Å². The normalized spacial score (nSPS) is 28.5. The lowest BCUT2D eigenvalue weighted by molar-refractivity contribution is -0.149. The molecule has 1 heterocycles. The van der Waals surface area contributed by atoms with Crippen LogP contribution >= 0.6 is 0 Å². The number of rotatable bonds is 4. The lowest BCUT2D eigenvalue weighted by atomic mass is 10.0. The van der Waals surface area contributed by atoms with E-state index in [1.54, 1.807) is 31.2 Å². The molecule has 23 heavy (non-hydrogen) atoms. The van der Waals surface area contributed by atoms with E-state index in [9.17, 15) is 9.59 Å². The standard InChI is InChI=1S/C17H20N2O4/c1-3-22-17(21)13-9-12-10(2)19-23-15(12)14(13)18-16(20)11-7-5-4-6-8-11/h4-8,12-15H,3,9H2,1-2H3,(H,18,20)/t12-,13+,14-,15+/m1/s1. The van der Waals surface area contributed by atoms with Crippen LogP contribution in [0.5, 0.6) is 0 Å². The van der Waals surface area contributed by atoms with Crippen molar-refractivity contribution in [1.82, 2.24) is 5.32 Å². The van der Waals surface area contributed by atoms with Gasteiger partial charge in [0.05, 0.1) is 24.3 Å². The third kappa shape index (κ3) is 2.93. The molecule has 1 aromatic carbocycles. The molecule has 1 N–H and O–H groups in total. The van der Waals surface area contributed by atoms with Crippen molar-refractivity contribution in [2.24, 2.45) is 17.0 Å². The molecule has 0 bridgehead atoms. The number of nitrogens with one attached hydrogen (secondary N) is 1. The number of nitrogens with zero attached hydrogens (tertiary/aromatic N) is 1.